The molecule has 0 bridgehead atoms. The Hall–Kier alpha value is -4.08. The van der Waals surface area contributed by atoms with E-state index >= 15 is 0 Å². The summed E-state index contributed by atoms with van der Waals surface area (Å²) in [4.78, 5) is 44.5. The van der Waals surface area contributed by atoms with Crippen LogP contribution in [0.1, 0.15) is 35.7 Å². The third kappa shape index (κ3) is 2.18. The smallest absolute Gasteiger partial charge is 0.242 e. The molecule has 10 heteroatoms. The molecule has 160 valence electrons. The lowest BCUT2D eigenvalue weighted by Gasteiger charge is -2.33. The molecule has 0 radical (unpaired) electrons. The van der Waals surface area contributed by atoms with Crippen LogP contribution in [0.25, 0.3) is 17.0 Å². The van der Waals surface area contributed by atoms with E-state index in [-0.39, 0.29) is 18.2 Å². The van der Waals surface area contributed by atoms with Crippen molar-refractivity contribution in [2.45, 2.75) is 32.6 Å². The van der Waals surface area contributed by atoms with Gasteiger partial charge in [-0.3, -0.25) is 9.59 Å². The maximum absolute atomic E-state index is 13.9. The lowest BCUT2D eigenvalue weighted by Crippen LogP contribution is -2.47. The molecule has 32 heavy (non-hydrogen) atoms. The Morgan fingerprint density at radius 1 is 1.16 bits per heavy atom. The van der Waals surface area contributed by atoms with Gasteiger partial charge in [0, 0.05) is 24.2 Å². The summed E-state index contributed by atoms with van der Waals surface area (Å²) in [5, 5.41) is 7.67. The summed E-state index contributed by atoms with van der Waals surface area (Å²) in [7, 11) is 0. The number of H-pyrrole nitrogens is 1. The van der Waals surface area contributed by atoms with Crippen molar-refractivity contribution in [2.75, 3.05) is 16.8 Å². The lowest BCUT2D eigenvalue weighted by molar-refractivity contribution is -0.126. The van der Waals surface area contributed by atoms with E-state index in [1.807, 2.05) is 39.0 Å². The molecule has 5 heterocycles. The van der Waals surface area contributed by atoms with Crippen molar-refractivity contribution in [2.24, 2.45) is 0 Å². The third-order valence-electron chi connectivity index (χ3n) is 6.40. The second kappa shape index (κ2) is 6.22. The van der Waals surface area contributed by atoms with Crippen molar-refractivity contribution in [3.63, 3.8) is 0 Å². The number of rotatable bonds is 2. The molecule has 6 rings (SSSR count). The summed E-state index contributed by atoms with van der Waals surface area (Å²) in [6, 6.07) is 5.97. The fourth-order valence-electron chi connectivity index (χ4n) is 5.13. The van der Waals surface area contributed by atoms with Crippen molar-refractivity contribution in [3.8, 4) is 5.82 Å². The molecule has 1 spiro atoms. The largest absolute Gasteiger partial charge is 0.340 e. The summed E-state index contributed by atoms with van der Waals surface area (Å²) in [6.07, 6.45) is 2.96. The van der Waals surface area contributed by atoms with Crippen LogP contribution in [0.2, 0.25) is 0 Å². The molecular formula is C22H20N8O2. The number of imidazole rings is 1. The quantitative estimate of drug-likeness (QED) is 0.505. The topological polar surface area (TPSA) is 122 Å². The first-order valence-electron chi connectivity index (χ1n) is 10.4. The van der Waals surface area contributed by atoms with Gasteiger partial charge in [0.05, 0.1) is 12.0 Å². The molecule has 0 saturated heterocycles. The Labute approximate surface area is 182 Å². The number of anilines is 2. The zero-order valence-electron chi connectivity index (χ0n) is 17.8. The predicted octanol–water partition coefficient (Wildman–Crippen LogP) is 2.15. The fourth-order valence-corrected chi connectivity index (χ4v) is 5.13. The zero-order valence-corrected chi connectivity index (χ0v) is 17.8. The number of aromatic nitrogens is 6. The van der Waals surface area contributed by atoms with Crippen LogP contribution in [0.4, 0.5) is 11.5 Å². The predicted molar refractivity (Wildman–Crippen MR) is 117 cm³/mol. The van der Waals surface area contributed by atoms with Crippen LogP contribution in [0.15, 0.2) is 30.9 Å². The first-order chi connectivity index (χ1) is 15.5. The Bertz CT molecular complexity index is 1450. The molecule has 4 aromatic rings. The Kier molecular flexibility index (Phi) is 3.63. The van der Waals surface area contributed by atoms with Gasteiger partial charge >= 0.3 is 0 Å². The molecule has 1 aromatic carbocycles. The average Bonchev–Trinajstić information content (AvgIpc) is 3.43. The second-order valence-electron chi connectivity index (χ2n) is 8.22. The third-order valence-corrected chi connectivity index (χ3v) is 6.40. The van der Waals surface area contributed by atoms with E-state index in [0.717, 1.165) is 16.8 Å². The van der Waals surface area contributed by atoms with E-state index in [0.29, 0.717) is 40.6 Å². The second-order valence-corrected chi connectivity index (χ2v) is 8.22. The van der Waals surface area contributed by atoms with Crippen molar-refractivity contribution in [3.05, 3.63) is 53.2 Å². The van der Waals surface area contributed by atoms with Gasteiger partial charge in [0.15, 0.2) is 11.5 Å². The van der Waals surface area contributed by atoms with Crippen LogP contribution in [-0.4, -0.2) is 48.1 Å². The van der Waals surface area contributed by atoms with Gasteiger partial charge in [-0.1, -0.05) is 17.7 Å². The van der Waals surface area contributed by atoms with Crippen molar-refractivity contribution in [1.82, 2.24) is 29.7 Å². The molecule has 0 aliphatic carbocycles. The minimum absolute atomic E-state index is 0.0293. The van der Waals surface area contributed by atoms with Gasteiger partial charge in [0.2, 0.25) is 11.8 Å². The van der Waals surface area contributed by atoms with Crippen molar-refractivity contribution < 1.29 is 9.59 Å². The number of hydrogen-bond acceptors (Lipinski definition) is 6. The molecule has 0 unspecified atom stereocenters. The number of hydrogen-bond donors (Lipinski definition) is 2. The van der Waals surface area contributed by atoms with Crippen molar-refractivity contribution >= 4 is 34.5 Å². The Balaban J connectivity index is 1.68. The maximum Gasteiger partial charge on any atom is 0.242 e. The highest BCUT2D eigenvalue weighted by atomic mass is 16.2. The number of aromatic amines is 1. The monoisotopic (exact) mass is 428 g/mol. The first-order valence-corrected chi connectivity index (χ1v) is 10.4. The number of likely N-dealkylation sites (N-methyl/N-ethyl adjacent to an activating group) is 1. The van der Waals surface area contributed by atoms with Gasteiger partial charge in [0.1, 0.15) is 23.1 Å². The number of nitrogens with one attached hydrogen (secondary N) is 2. The van der Waals surface area contributed by atoms with Gasteiger partial charge in [0.25, 0.3) is 0 Å². The minimum atomic E-state index is -1.13. The van der Waals surface area contributed by atoms with Crippen molar-refractivity contribution in [1.29, 1.82) is 0 Å². The number of carbonyl (C=O) groups is 2. The van der Waals surface area contributed by atoms with Crippen LogP contribution in [0.5, 0.6) is 0 Å². The van der Waals surface area contributed by atoms with E-state index in [1.54, 1.807) is 9.58 Å². The minimum Gasteiger partial charge on any atom is -0.340 e. The fraction of sp³-hybridized carbons (Fsp3) is 0.273. The number of fused-ring (bicyclic) bond motifs is 5. The van der Waals surface area contributed by atoms with Gasteiger partial charge in [-0.05, 0) is 32.4 Å². The van der Waals surface area contributed by atoms with Crippen LogP contribution in [0, 0.1) is 13.8 Å². The average molecular weight is 428 g/mol. The normalized spacial score (nSPS) is 19.5. The number of carbonyl (C=O) groups excluding carboxylic acids is 2. The molecule has 2 aliphatic rings. The standard InChI is InChI=1S/C22H20N8O2/c1-4-29-14-6-5-11(2)7-13(14)22(21(29)32)8-15(31)27-19-16(22)12(3)28-30(19)20-17-18(24-9-23-17)25-10-26-20/h5-7,9-10H,4,8H2,1-3H3,(H,27,31)(H,23,24,25,26)/t22-/m0/s1. The highest BCUT2D eigenvalue weighted by Crippen LogP contribution is 2.53. The molecule has 0 saturated carbocycles. The number of amides is 2. The van der Waals surface area contributed by atoms with E-state index in [9.17, 15) is 9.59 Å². The van der Waals surface area contributed by atoms with Crippen LogP contribution in [-0.2, 0) is 15.0 Å². The number of nitrogens with zero attached hydrogens (tertiary/aromatic N) is 6. The van der Waals surface area contributed by atoms with E-state index in [2.05, 4.69) is 25.3 Å². The van der Waals surface area contributed by atoms with Gasteiger partial charge in [-0.25, -0.2) is 15.0 Å². The summed E-state index contributed by atoms with van der Waals surface area (Å²) < 4.78 is 1.57. The van der Waals surface area contributed by atoms with Crippen LogP contribution >= 0.6 is 0 Å². The summed E-state index contributed by atoms with van der Waals surface area (Å²) in [6.45, 7) is 6.30. The highest BCUT2D eigenvalue weighted by molar-refractivity contribution is 6.16. The molecule has 2 aliphatic heterocycles. The van der Waals surface area contributed by atoms with Gasteiger partial charge in [-0.2, -0.15) is 9.78 Å². The SMILES string of the molecule is CCN1C(=O)[C@@]2(CC(=O)Nc3c2c(C)nn3-c2ncnc3nc[nH]c23)c2cc(C)ccc21. The Morgan fingerprint density at radius 3 is 2.81 bits per heavy atom. The van der Waals surface area contributed by atoms with E-state index < -0.39 is 5.41 Å². The molecule has 0 fully saturated rings. The molecule has 10 nitrogen and oxygen atoms in total. The van der Waals surface area contributed by atoms with E-state index in [1.165, 1.54) is 12.7 Å². The highest BCUT2D eigenvalue weighted by Gasteiger charge is 2.57. The summed E-state index contributed by atoms with van der Waals surface area (Å²) >= 11 is 0. The van der Waals surface area contributed by atoms with Gasteiger partial charge < -0.3 is 15.2 Å². The van der Waals surface area contributed by atoms with E-state index in [4.69, 9.17) is 5.10 Å². The van der Waals surface area contributed by atoms with Crippen LogP contribution in [0.3, 0.4) is 0 Å². The number of benzene rings is 1. The molecule has 3 aromatic heterocycles. The first kappa shape index (κ1) is 18.7. The van der Waals surface area contributed by atoms with Crippen LogP contribution < -0.4 is 10.2 Å². The molecule has 2 amide bonds. The Morgan fingerprint density at radius 2 is 2.00 bits per heavy atom. The summed E-state index contributed by atoms with van der Waals surface area (Å²) in [5.41, 5.74) is 4.03. The van der Waals surface area contributed by atoms with Gasteiger partial charge in [-0.15, -0.1) is 0 Å². The molecular weight excluding hydrogens is 408 g/mol. The molecule has 1 atom stereocenters. The molecule has 2 N–H and O–H groups in total. The lowest BCUT2D eigenvalue weighted by atomic mass is 9.70. The maximum atomic E-state index is 13.9. The zero-order chi connectivity index (χ0) is 22.2. The summed E-state index contributed by atoms with van der Waals surface area (Å²) in [5.74, 6) is 0.560. The number of aryl methyl sites for hydroxylation is 2.